The van der Waals surface area contributed by atoms with Crippen LogP contribution in [-0.4, -0.2) is 35.3 Å². The van der Waals surface area contributed by atoms with E-state index in [2.05, 4.69) is 14.7 Å². The summed E-state index contributed by atoms with van der Waals surface area (Å²) in [5.41, 5.74) is 6.31. The summed E-state index contributed by atoms with van der Waals surface area (Å²) in [5.74, 6) is 0.286. The lowest BCUT2D eigenvalue weighted by atomic mass is 10.1. The van der Waals surface area contributed by atoms with Crippen LogP contribution in [0.4, 0.5) is 0 Å². The highest BCUT2D eigenvalue weighted by Crippen LogP contribution is 2.27. The molecule has 37 heavy (non-hydrogen) atoms. The van der Waals surface area contributed by atoms with E-state index in [0.29, 0.717) is 11.3 Å². The van der Waals surface area contributed by atoms with Crippen LogP contribution in [0.15, 0.2) is 78.9 Å². The molecule has 0 saturated heterocycles. The minimum Gasteiger partial charge on any atom is -0.504 e. The number of phenolic OH excluding ortho intramolecular Hbond substituents is 1. The molecule has 0 amide bonds. The second-order valence-corrected chi connectivity index (χ2v) is 8.12. The average molecular weight is 495 g/mol. The van der Waals surface area contributed by atoms with Crippen LogP contribution < -0.4 is 4.74 Å². The van der Waals surface area contributed by atoms with Crippen LogP contribution in [0.3, 0.4) is 0 Å². The maximum Gasteiger partial charge on any atom is 0.337 e. The first-order valence-electron chi connectivity index (χ1n) is 11.7. The van der Waals surface area contributed by atoms with E-state index in [9.17, 15) is 9.90 Å². The maximum absolute atomic E-state index is 11.3. The SMILES string of the molecule is COC(=O)c1ccc(C=Cc2cccc(C)n2)cc1.COc1cc(C=Cc2cccc(C)n2)ccc1O. The number of ether oxygens (including phenoxy) is 2. The lowest BCUT2D eigenvalue weighted by molar-refractivity contribution is 0.0600. The van der Waals surface area contributed by atoms with Gasteiger partial charge in [0.2, 0.25) is 0 Å². The third kappa shape index (κ3) is 8.47. The number of carbonyl (C=O) groups is 1. The van der Waals surface area contributed by atoms with Gasteiger partial charge in [0.05, 0.1) is 31.2 Å². The van der Waals surface area contributed by atoms with Crippen LogP contribution in [0.25, 0.3) is 24.3 Å². The van der Waals surface area contributed by atoms with E-state index < -0.39 is 0 Å². The number of benzene rings is 2. The fraction of sp³-hybridized carbons (Fsp3) is 0.129. The first kappa shape index (κ1) is 26.9. The van der Waals surface area contributed by atoms with Crippen molar-refractivity contribution in [3.63, 3.8) is 0 Å². The third-order valence-corrected chi connectivity index (χ3v) is 5.25. The number of rotatable bonds is 6. The zero-order valence-corrected chi connectivity index (χ0v) is 21.4. The first-order chi connectivity index (χ1) is 17.9. The Hall–Kier alpha value is -4.71. The van der Waals surface area contributed by atoms with E-state index in [0.717, 1.165) is 33.9 Å². The summed E-state index contributed by atoms with van der Waals surface area (Å²) in [6.07, 6.45) is 7.77. The Morgan fingerprint density at radius 1 is 0.730 bits per heavy atom. The van der Waals surface area contributed by atoms with Gasteiger partial charge in [-0.15, -0.1) is 0 Å². The second kappa shape index (κ2) is 13.4. The van der Waals surface area contributed by atoms with Crippen LogP contribution in [-0.2, 0) is 4.74 Å². The molecule has 0 atom stereocenters. The van der Waals surface area contributed by atoms with Crippen LogP contribution in [0.5, 0.6) is 11.5 Å². The van der Waals surface area contributed by atoms with Crippen LogP contribution in [0.1, 0.15) is 44.3 Å². The van der Waals surface area contributed by atoms with E-state index in [1.165, 1.54) is 14.2 Å². The second-order valence-electron chi connectivity index (χ2n) is 8.12. The number of hydrogen-bond donors (Lipinski definition) is 1. The van der Waals surface area contributed by atoms with E-state index in [1.807, 2.05) is 92.7 Å². The summed E-state index contributed by atoms with van der Waals surface area (Å²) in [4.78, 5) is 20.1. The minimum atomic E-state index is -0.323. The zero-order chi connectivity index (χ0) is 26.6. The summed E-state index contributed by atoms with van der Waals surface area (Å²) in [6, 6.07) is 24.2. The number of aromatic nitrogens is 2. The average Bonchev–Trinajstić information content (AvgIpc) is 2.92. The fourth-order valence-electron chi connectivity index (χ4n) is 3.32. The lowest BCUT2D eigenvalue weighted by Gasteiger charge is -2.03. The quantitative estimate of drug-likeness (QED) is 0.303. The Morgan fingerprint density at radius 2 is 1.27 bits per heavy atom. The molecule has 6 nitrogen and oxygen atoms in total. The number of hydrogen-bond acceptors (Lipinski definition) is 6. The van der Waals surface area contributed by atoms with Crippen molar-refractivity contribution >= 4 is 30.3 Å². The molecular weight excluding hydrogens is 464 g/mol. The van der Waals surface area contributed by atoms with Crippen molar-refractivity contribution in [2.75, 3.05) is 14.2 Å². The molecule has 0 bridgehead atoms. The van der Waals surface area contributed by atoms with Gasteiger partial charge in [-0.3, -0.25) is 9.97 Å². The summed E-state index contributed by atoms with van der Waals surface area (Å²) >= 11 is 0. The molecule has 2 aromatic heterocycles. The molecule has 0 unspecified atom stereocenters. The molecule has 0 radical (unpaired) electrons. The molecule has 0 aliphatic carbocycles. The van der Waals surface area contributed by atoms with Gasteiger partial charge < -0.3 is 14.6 Å². The van der Waals surface area contributed by atoms with Gasteiger partial charge in [0.25, 0.3) is 0 Å². The Kier molecular flexibility index (Phi) is 9.74. The molecule has 4 rings (SSSR count). The topological polar surface area (TPSA) is 81.5 Å². The van der Waals surface area contributed by atoms with Gasteiger partial charge in [0.15, 0.2) is 11.5 Å². The highest BCUT2D eigenvalue weighted by Gasteiger charge is 2.03. The van der Waals surface area contributed by atoms with Gasteiger partial charge in [0.1, 0.15) is 0 Å². The summed E-state index contributed by atoms with van der Waals surface area (Å²) < 4.78 is 9.71. The number of carbonyl (C=O) groups excluding carboxylic acids is 1. The summed E-state index contributed by atoms with van der Waals surface area (Å²) in [6.45, 7) is 3.92. The van der Waals surface area contributed by atoms with E-state index in [-0.39, 0.29) is 11.7 Å². The molecule has 0 spiro atoms. The van der Waals surface area contributed by atoms with E-state index in [1.54, 1.807) is 24.3 Å². The molecule has 0 fully saturated rings. The van der Waals surface area contributed by atoms with Crippen LogP contribution in [0, 0.1) is 13.8 Å². The third-order valence-electron chi connectivity index (χ3n) is 5.25. The van der Waals surface area contributed by atoms with Crippen molar-refractivity contribution in [2.24, 2.45) is 0 Å². The number of aryl methyl sites for hydroxylation is 2. The van der Waals surface area contributed by atoms with Gasteiger partial charge in [-0.25, -0.2) is 4.79 Å². The molecular formula is C31H30N2O4. The number of methoxy groups -OCH3 is 2. The Morgan fingerprint density at radius 3 is 1.78 bits per heavy atom. The summed E-state index contributed by atoms with van der Waals surface area (Å²) in [5, 5.41) is 9.50. The van der Waals surface area contributed by atoms with E-state index >= 15 is 0 Å². The zero-order valence-electron chi connectivity index (χ0n) is 21.4. The number of esters is 1. The van der Waals surface area contributed by atoms with Gasteiger partial charge in [-0.2, -0.15) is 0 Å². The Labute approximate surface area is 217 Å². The molecule has 0 saturated carbocycles. The number of phenols is 1. The first-order valence-corrected chi connectivity index (χ1v) is 11.7. The lowest BCUT2D eigenvalue weighted by Crippen LogP contribution is -2.00. The van der Waals surface area contributed by atoms with Gasteiger partial charge in [-0.05, 0) is 85.7 Å². The number of pyridine rings is 2. The van der Waals surface area contributed by atoms with Crippen molar-refractivity contribution in [3.05, 3.63) is 118 Å². The largest absolute Gasteiger partial charge is 0.504 e. The number of aromatic hydroxyl groups is 1. The Bertz CT molecular complexity index is 1390. The van der Waals surface area contributed by atoms with Gasteiger partial charge in [0, 0.05) is 11.4 Å². The van der Waals surface area contributed by atoms with Gasteiger partial charge >= 0.3 is 5.97 Å². The standard InChI is InChI=1S/C16H15NO2.C15H15NO2/c1-12-4-3-5-15(17-12)11-8-13-6-9-14(10-7-13)16(18)19-2;1-11-4-3-5-13(16-11)8-6-12-7-9-14(17)15(10-12)18-2/h3-11H,1-2H3;3-10,17H,1-2H3. The monoisotopic (exact) mass is 494 g/mol. The van der Waals surface area contributed by atoms with Crippen LogP contribution >= 0.6 is 0 Å². The summed E-state index contributed by atoms with van der Waals surface area (Å²) in [7, 11) is 2.91. The van der Waals surface area contributed by atoms with Gasteiger partial charge in [-0.1, -0.05) is 42.5 Å². The molecule has 2 aromatic carbocycles. The molecule has 1 N–H and O–H groups in total. The predicted molar refractivity (Wildman–Crippen MR) is 148 cm³/mol. The highest BCUT2D eigenvalue weighted by atomic mass is 16.5. The predicted octanol–water partition coefficient (Wildman–Crippen LogP) is 6.62. The van der Waals surface area contributed by atoms with Crippen molar-refractivity contribution in [1.82, 2.24) is 9.97 Å². The Balaban J connectivity index is 0.000000206. The molecule has 0 aliphatic heterocycles. The minimum absolute atomic E-state index is 0.142. The smallest absolute Gasteiger partial charge is 0.337 e. The number of nitrogens with zero attached hydrogens (tertiary/aromatic N) is 2. The maximum atomic E-state index is 11.3. The molecule has 4 aromatic rings. The van der Waals surface area contributed by atoms with Crippen molar-refractivity contribution in [1.29, 1.82) is 0 Å². The normalized spacial score (nSPS) is 10.7. The van der Waals surface area contributed by atoms with Crippen molar-refractivity contribution < 1.29 is 19.4 Å². The van der Waals surface area contributed by atoms with Crippen molar-refractivity contribution in [2.45, 2.75) is 13.8 Å². The molecule has 0 aliphatic rings. The molecule has 2 heterocycles. The van der Waals surface area contributed by atoms with Crippen LogP contribution in [0.2, 0.25) is 0 Å². The highest BCUT2D eigenvalue weighted by molar-refractivity contribution is 5.89. The molecule has 188 valence electrons. The molecule has 6 heteroatoms. The van der Waals surface area contributed by atoms with Crippen molar-refractivity contribution in [3.8, 4) is 11.5 Å². The van der Waals surface area contributed by atoms with E-state index in [4.69, 9.17) is 4.74 Å². The fourth-order valence-corrected chi connectivity index (χ4v) is 3.32.